The van der Waals surface area contributed by atoms with Gasteiger partial charge in [0.1, 0.15) is 5.60 Å². The van der Waals surface area contributed by atoms with Crippen LogP contribution in [0.15, 0.2) is 47.2 Å². The van der Waals surface area contributed by atoms with Crippen molar-refractivity contribution < 1.29 is 14.4 Å². The first-order valence-corrected chi connectivity index (χ1v) is 13.6. The Morgan fingerprint density at radius 1 is 1.16 bits per heavy atom. The van der Waals surface area contributed by atoms with Crippen molar-refractivity contribution in [3.63, 3.8) is 0 Å². The molecule has 3 aromatic rings. The lowest BCUT2D eigenvalue weighted by Crippen LogP contribution is -2.63. The second-order valence-electron chi connectivity index (χ2n) is 11.8. The molecular formula is C30H39N5O3. The highest BCUT2D eigenvalue weighted by Gasteiger charge is 2.55. The number of benzene rings is 1. The average Bonchev–Trinajstić information content (AvgIpc) is 3.36. The molecule has 1 atom stereocenters. The number of aliphatic hydroxyl groups is 1. The van der Waals surface area contributed by atoms with E-state index in [-0.39, 0.29) is 11.3 Å². The summed E-state index contributed by atoms with van der Waals surface area (Å²) in [7, 11) is 2.07. The van der Waals surface area contributed by atoms with Crippen molar-refractivity contribution in [1.82, 2.24) is 24.9 Å². The molecule has 0 saturated carbocycles. The van der Waals surface area contributed by atoms with Crippen molar-refractivity contribution in [2.24, 2.45) is 11.3 Å². The zero-order valence-electron chi connectivity index (χ0n) is 23.1. The molecule has 38 heavy (non-hydrogen) atoms. The van der Waals surface area contributed by atoms with Crippen LogP contribution in [-0.4, -0.2) is 69.2 Å². The van der Waals surface area contributed by atoms with Crippen LogP contribution in [0.5, 0.6) is 0 Å². The fourth-order valence-corrected chi connectivity index (χ4v) is 6.26. The van der Waals surface area contributed by atoms with E-state index in [0.717, 1.165) is 55.7 Å². The largest absolute Gasteiger partial charge is 0.380 e. The van der Waals surface area contributed by atoms with Gasteiger partial charge in [-0.15, -0.1) is 0 Å². The first kappa shape index (κ1) is 26.5. The van der Waals surface area contributed by atoms with Gasteiger partial charge in [-0.1, -0.05) is 50.2 Å². The van der Waals surface area contributed by atoms with Crippen molar-refractivity contribution in [3.05, 3.63) is 65.3 Å². The predicted molar refractivity (Wildman–Crippen MR) is 145 cm³/mol. The fraction of sp³-hybridized carbons (Fsp3) is 0.533. The highest BCUT2D eigenvalue weighted by Crippen LogP contribution is 2.50. The van der Waals surface area contributed by atoms with E-state index in [1.807, 2.05) is 11.0 Å². The summed E-state index contributed by atoms with van der Waals surface area (Å²) < 4.78 is 5.62. The van der Waals surface area contributed by atoms with Gasteiger partial charge in [0.05, 0.1) is 0 Å². The van der Waals surface area contributed by atoms with Crippen molar-refractivity contribution in [2.75, 3.05) is 33.2 Å². The smallest absolute Gasteiger partial charge is 0.227 e. The average molecular weight is 518 g/mol. The topological polar surface area (TPSA) is 95.6 Å². The van der Waals surface area contributed by atoms with Gasteiger partial charge >= 0.3 is 0 Å². The number of piperidine rings is 1. The van der Waals surface area contributed by atoms with Gasteiger partial charge in [-0.25, -0.2) is 0 Å². The van der Waals surface area contributed by atoms with Crippen LogP contribution in [0.25, 0.3) is 11.4 Å². The minimum Gasteiger partial charge on any atom is -0.380 e. The third kappa shape index (κ3) is 4.87. The number of carbonyl (C=O) groups excluding carboxylic acids is 1. The highest BCUT2D eigenvalue weighted by atomic mass is 16.5. The van der Waals surface area contributed by atoms with Gasteiger partial charge in [-0.05, 0) is 48.9 Å². The maximum Gasteiger partial charge on any atom is 0.227 e. The number of pyridine rings is 1. The Hall–Kier alpha value is -3.10. The molecule has 0 bridgehead atoms. The van der Waals surface area contributed by atoms with Crippen LogP contribution in [-0.2, 0) is 16.8 Å². The molecule has 2 saturated heterocycles. The molecular weight excluding hydrogens is 478 g/mol. The second-order valence-corrected chi connectivity index (χ2v) is 11.8. The molecule has 2 aliphatic rings. The molecule has 1 unspecified atom stereocenters. The molecule has 0 spiro atoms. The number of hydrogen-bond acceptors (Lipinski definition) is 7. The van der Waals surface area contributed by atoms with Crippen LogP contribution in [0.3, 0.4) is 0 Å². The standard InChI is InChI=1S/C30H39N5O3/c1-20(2)23-6-8-25(9-7-23)30(37,29(4)18-34(5)19-29)26-15-24(16-31-17-26)28-32-27(38-33-28)14-22-10-12-35(13-11-22)21(3)36/h6-9,15-17,20,22,37H,10-14,18-19H2,1-5H3. The predicted octanol–water partition coefficient (Wildman–Crippen LogP) is 4.24. The van der Waals surface area contributed by atoms with Crippen LogP contribution in [0.1, 0.15) is 69.0 Å². The molecule has 8 nitrogen and oxygen atoms in total. The summed E-state index contributed by atoms with van der Waals surface area (Å²) in [6.07, 6.45) is 6.05. The molecule has 2 aromatic heterocycles. The summed E-state index contributed by atoms with van der Waals surface area (Å²) in [5.74, 6) is 2.04. The van der Waals surface area contributed by atoms with Crippen LogP contribution < -0.4 is 0 Å². The lowest BCUT2D eigenvalue weighted by atomic mass is 9.62. The number of rotatable bonds is 7. The SMILES string of the molecule is CC(=O)N1CCC(Cc2nc(-c3cncc(C(O)(c4ccc(C(C)C)cc4)C4(C)CN(C)C4)c3)no2)CC1. The molecule has 2 fully saturated rings. The van der Waals surface area contributed by atoms with E-state index in [4.69, 9.17) is 4.52 Å². The van der Waals surface area contributed by atoms with Crippen molar-refractivity contribution >= 4 is 5.91 Å². The monoisotopic (exact) mass is 517 g/mol. The molecule has 4 heterocycles. The van der Waals surface area contributed by atoms with E-state index in [1.165, 1.54) is 5.56 Å². The molecule has 2 aliphatic heterocycles. The number of likely N-dealkylation sites (tertiary alicyclic amines) is 2. The number of aromatic nitrogens is 3. The quantitative estimate of drug-likeness (QED) is 0.501. The van der Waals surface area contributed by atoms with Crippen molar-refractivity contribution in [1.29, 1.82) is 0 Å². The van der Waals surface area contributed by atoms with Crippen LogP contribution in [0.2, 0.25) is 0 Å². The molecule has 1 N–H and O–H groups in total. The van der Waals surface area contributed by atoms with Crippen LogP contribution >= 0.6 is 0 Å². The molecule has 1 aromatic carbocycles. The zero-order valence-corrected chi connectivity index (χ0v) is 23.1. The van der Waals surface area contributed by atoms with Gasteiger partial charge < -0.3 is 19.4 Å². The summed E-state index contributed by atoms with van der Waals surface area (Å²) in [5.41, 5.74) is 1.95. The minimum atomic E-state index is -1.23. The third-order valence-corrected chi connectivity index (χ3v) is 8.51. The fourth-order valence-electron chi connectivity index (χ4n) is 6.26. The lowest BCUT2D eigenvalue weighted by Gasteiger charge is -2.55. The summed E-state index contributed by atoms with van der Waals surface area (Å²) in [5, 5.41) is 16.7. The number of hydrogen-bond donors (Lipinski definition) is 1. The Labute approximate surface area is 225 Å². The Morgan fingerprint density at radius 3 is 2.45 bits per heavy atom. The van der Waals surface area contributed by atoms with E-state index in [0.29, 0.717) is 30.0 Å². The minimum absolute atomic E-state index is 0.133. The molecule has 202 valence electrons. The lowest BCUT2D eigenvalue weighted by molar-refractivity contribution is -0.130. The van der Waals surface area contributed by atoms with Crippen molar-refractivity contribution in [2.45, 2.75) is 58.5 Å². The molecule has 1 amide bonds. The second kappa shape index (κ2) is 10.2. The molecule has 0 radical (unpaired) electrons. The Morgan fingerprint density at radius 2 is 1.84 bits per heavy atom. The summed E-state index contributed by atoms with van der Waals surface area (Å²) in [4.78, 5) is 24.9. The van der Waals surface area contributed by atoms with Crippen molar-refractivity contribution in [3.8, 4) is 11.4 Å². The Bertz CT molecular complexity index is 1270. The van der Waals surface area contributed by atoms with Gasteiger partial charge in [0.2, 0.25) is 17.6 Å². The first-order valence-electron chi connectivity index (χ1n) is 13.6. The molecule has 0 aliphatic carbocycles. The van der Waals surface area contributed by atoms with Gasteiger partial charge in [0.15, 0.2) is 0 Å². The van der Waals surface area contributed by atoms with Gasteiger partial charge in [0, 0.05) is 68.5 Å². The van der Waals surface area contributed by atoms with E-state index in [1.54, 1.807) is 19.3 Å². The van der Waals surface area contributed by atoms with Gasteiger partial charge in [-0.2, -0.15) is 4.98 Å². The van der Waals surface area contributed by atoms with E-state index in [2.05, 4.69) is 72.1 Å². The maximum absolute atomic E-state index is 12.5. The zero-order chi connectivity index (χ0) is 27.1. The maximum atomic E-state index is 12.5. The number of nitrogens with zero attached hydrogens (tertiary/aromatic N) is 5. The number of amides is 1. The Balaban J connectivity index is 1.41. The van der Waals surface area contributed by atoms with E-state index in [9.17, 15) is 9.90 Å². The third-order valence-electron chi connectivity index (χ3n) is 8.51. The molecule has 8 heteroatoms. The highest BCUT2D eigenvalue weighted by molar-refractivity contribution is 5.73. The number of carbonyl (C=O) groups is 1. The van der Waals surface area contributed by atoms with Gasteiger partial charge in [-0.3, -0.25) is 9.78 Å². The summed E-state index contributed by atoms with van der Waals surface area (Å²) >= 11 is 0. The Kier molecular flexibility index (Phi) is 7.13. The van der Waals surface area contributed by atoms with Crippen LogP contribution in [0, 0.1) is 11.3 Å². The van der Waals surface area contributed by atoms with Crippen LogP contribution in [0.4, 0.5) is 0 Å². The molecule has 5 rings (SSSR count). The van der Waals surface area contributed by atoms with Gasteiger partial charge in [0.25, 0.3) is 0 Å². The summed E-state index contributed by atoms with van der Waals surface area (Å²) in [6, 6.07) is 10.3. The van der Waals surface area contributed by atoms with E-state index < -0.39 is 5.60 Å². The normalized spacial score (nSPS) is 19.8. The van der Waals surface area contributed by atoms with E-state index >= 15 is 0 Å². The first-order chi connectivity index (χ1) is 18.1. The summed E-state index contributed by atoms with van der Waals surface area (Å²) in [6.45, 7) is 11.2.